The summed E-state index contributed by atoms with van der Waals surface area (Å²) in [5.74, 6) is 1.75. The Morgan fingerprint density at radius 1 is 0.371 bits per heavy atom. The number of para-hydroxylation sites is 2. The molecule has 0 spiro atoms. The highest BCUT2D eigenvalue weighted by Gasteiger charge is 2.20. The number of thiophene rings is 1. The van der Waals surface area contributed by atoms with Crippen LogP contribution >= 0.6 is 11.3 Å². The van der Waals surface area contributed by atoms with Crippen LogP contribution in [0.4, 0.5) is 0 Å². The van der Waals surface area contributed by atoms with Crippen molar-refractivity contribution in [1.29, 1.82) is 0 Å². The van der Waals surface area contributed by atoms with Gasteiger partial charge in [0.2, 0.25) is 0 Å². The molecule has 0 aliphatic carbocycles. The highest BCUT2D eigenvalue weighted by Crippen LogP contribution is 2.44. The van der Waals surface area contributed by atoms with E-state index in [9.17, 15) is 2.74 Å². The third-order valence-corrected chi connectivity index (χ3v) is 12.6. The van der Waals surface area contributed by atoms with E-state index in [1.807, 2.05) is 102 Å². The van der Waals surface area contributed by atoms with Crippen molar-refractivity contribution in [3.63, 3.8) is 0 Å². The van der Waals surface area contributed by atoms with Crippen LogP contribution in [0.5, 0.6) is 0 Å². The molecule has 0 unspecified atom stereocenters. The van der Waals surface area contributed by atoms with Crippen molar-refractivity contribution in [2.24, 2.45) is 0 Å². The molecule has 0 radical (unpaired) electrons. The van der Waals surface area contributed by atoms with Crippen LogP contribution in [0.25, 0.3) is 115 Å². The van der Waals surface area contributed by atoms with Gasteiger partial charge in [0.1, 0.15) is 0 Å². The molecule has 62 heavy (non-hydrogen) atoms. The van der Waals surface area contributed by atoms with E-state index in [0.717, 1.165) is 70.2 Å². The number of nitrogens with zero attached hydrogens (tertiary/aromatic N) is 4. The van der Waals surface area contributed by atoms with Crippen molar-refractivity contribution in [2.75, 3.05) is 0 Å². The van der Waals surface area contributed by atoms with E-state index in [-0.39, 0.29) is 47.0 Å². The summed E-state index contributed by atoms with van der Waals surface area (Å²) in [4.78, 5) is 14.8. The minimum atomic E-state index is -0.152. The maximum absolute atomic E-state index is 9.25. The summed E-state index contributed by atoms with van der Waals surface area (Å²) in [7, 11) is 0. The van der Waals surface area contributed by atoms with Gasteiger partial charge in [-0.05, 0) is 64.7 Å². The Kier molecular flexibility index (Phi) is 7.25. The van der Waals surface area contributed by atoms with E-state index in [1.165, 1.54) is 12.1 Å². The molecule has 3 aromatic heterocycles. The van der Waals surface area contributed by atoms with Crippen molar-refractivity contribution >= 4 is 53.3 Å². The normalized spacial score (nSPS) is 12.9. The Hall–Kier alpha value is -7.99. The van der Waals surface area contributed by atoms with Gasteiger partial charge in [-0.15, -0.1) is 11.3 Å². The zero-order valence-electron chi connectivity index (χ0n) is 39.0. The third-order valence-electron chi connectivity index (χ3n) is 11.4. The molecule has 0 saturated heterocycles. The molecule has 12 aromatic rings. The number of hydrogen-bond acceptors (Lipinski definition) is 4. The van der Waals surface area contributed by atoms with Crippen LogP contribution in [-0.2, 0) is 0 Å². The average molecular weight is 815 g/mol. The molecule has 0 atom stereocenters. The monoisotopic (exact) mass is 814 g/mol. The molecule has 290 valence electrons. The van der Waals surface area contributed by atoms with Crippen LogP contribution in [0.2, 0.25) is 0 Å². The van der Waals surface area contributed by atoms with Crippen LogP contribution in [0.15, 0.2) is 218 Å². The zero-order valence-corrected chi connectivity index (χ0v) is 33.8. The number of fused-ring (bicyclic) bond motifs is 6. The smallest absolute Gasteiger partial charge is 0.164 e. The van der Waals surface area contributed by atoms with Gasteiger partial charge >= 0.3 is 0 Å². The van der Waals surface area contributed by atoms with Crippen molar-refractivity contribution in [1.82, 2.24) is 19.5 Å². The van der Waals surface area contributed by atoms with E-state index >= 15 is 0 Å². The summed E-state index contributed by atoms with van der Waals surface area (Å²) in [5.41, 5.74) is 9.58. The van der Waals surface area contributed by atoms with Gasteiger partial charge in [-0.2, -0.15) is 0 Å². The second kappa shape index (κ2) is 14.9. The minimum absolute atomic E-state index is 0.00250. The van der Waals surface area contributed by atoms with E-state index < -0.39 is 0 Å². The SMILES string of the molecule is [2H]c1cc([2H])c2c(c1[2H])c1c([2H])c([2H])cc([2H])c1n2-c1ccc(-c2cccc(-c3cccc(-c4nc(-c5ccccc5)nc(-c5ccccc5)n4)c3)c2)cc1-c1cccc2c1sc1ccccc12. The third kappa shape index (κ3) is 6.18. The summed E-state index contributed by atoms with van der Waals surface area (Å²) in [5, 5.41) is 2.70. The first kappa shape index (κ1) is 30.1. The Morgan fingerprint density at radius 3 is 1.52 bits per heavy atom. The highest BCUT2D eigenvalue weighted by atomic mass is 32.1. The lowest BCUT2D eigenvalue weighted by Crippen LogP contribution is -2.00. The Balaban J connectivity index is 1.05. The topological polar surface area (TPSA) is 43.6 Å². The van der Waals surface area contributed by atoms with E-state index in [2.05, 4.69) is 72.8 Å². The molecule has 5 heteroatoms. The highest BCUT2D eigenvalue weighted by molar-refractivity contribution is 7.26. The quantitative estimate of drug-likeness (QED) is 0.161. The molecule has 4 nitrogen and oxygen atoms in total. The van der Waals surface area contributed by atoms with Gasteiger partial charge in [0, 0.05) is 58.8 Å². The molecule has 0 bridgehead atoms. The predicted molar refractivity (Wildman–Crippen MR) is 260 cm³/mol. The number of hydrogen-bond donors (Lipinski definition) is 0. The van der Waals surface area contributed by atoms with E-state index in [1.54, 1.807) is 11.3 Å². The van der Waals surface area contributed by atoms with Gasteiger partial charge in [0.05, 0.1) is 24.9 Å². The van der Waals surface area contributed by atoms with Crippen molar-refractivity contribution in [2.45, 2.75) is 0 Å². The van der Waals surface area contributed by atoms with Crippen LogP contribution < -0.4 is 0 Å². The first-order chi connectivity index (χ1) is 33.2. The van der Waals surface area contributed by atoms with Crippen LogP contribution in [0, 0.1) is 0 Å². The maximum Gasteiger partial charge on any atom is 0.164 e. The lowest BCUT2D eigenvalue weighted by atomic mass is 9.94. The largest absolute Gasteiger partial charge is 0.309 e. The molecule has 9 aromatic carbocycles. The molecule has 12 rings (SSSR count). The summed E-state index contributed by atoms with van der Waals surface area (Å²) >= 11 is 1.70. The maximum atomic E-state index is 9.25. The number of rotatable bonds is 7. The van der Waals surface area contributed by atoms with E-state index in [0.29, 0.717) is 34.2 Å². The minimum Gasteiger partial charge on any atom is -0.309 e. The van der Waals surface area contributed by atoms with Gasteiger partial charge in [-0.1, -0.05) is 176 Å². The van der Waals surface area contributed by atoms with Gasteiger partial charge in [0.15, 0.2) is 17.5 Å². The van der Waals surface area contributed by atoms with Crippen molar-refractivity contribution in [3.05, 3.63) is 218 Å². The van der Waals surface area contributed by atoms with Gasteiger partial charge in [-0.3, -0.25) is 0 Å². The van der Waals surface area contributed by atoms with Gasteiger partial charge < -0.3 is 4.57 Å². The molecule has 0 N–H and O–H groups in total. The molecular weight excluding hydrogens is 773 g/mol. The molecule has 0 saturated carbocycles. The summed E-state index contributed by atoms with van der Waals surface area (Å²) < 4.78 is 57.8. The van der Waals surface area contributed by atoms with Crippen LogP contribution in [-0.4, -0.2) is 19.5 Å². The van der Waals surface area contributed by atoms with Gasteiger partial charge in [0.25, 0.3) is 0 Å². The summed E-state index contributed by atoms with van der Waals surface area (Å²) in [6.45, 7) is 0. The molecule has 0 amide bonds. The predicted octanol–water partition coefficient (Wildman–Crippen LogP) is 15.3. The first-order valence-electron chi connectivity index (χ1n) is 23.3. The summed E-state index contributed by atoms with van der Waals surface area (Å²) in [6.07, 6.45) is 0. The fourth-order valence-corrected chi connectivity index (χ4v) is 9.73. The average Bonchev–Trinajstić information content (AvgIpc) is 3.96. The Labute approximate surface area is 371 Å². The molecule has 3 heterocycles. The second-order valence-electron chi connectivity index (χ2n) is 15.1. The zero-order chi connectivity index (χ0) is 46.2. The second-order valence-corrected chi connectivity index (χ2v) is 16.2. The van der Waals surface area contributed by atoms with Crippen LogP contribution in [0.1, 0.15) is 8.22 Å². The molecule has 0 fully saturated rings. The molecule has 0 aliphatic heterocycles. The van der Waals surface area contributed by atoms with Crippen molar-refractivity contribution in [3.8, 4) is 73.2 Å². The Morgan fingerprint density at radius 2 is 0.871 bits per heavy atom. The lowest BCUT2D eigenvalue weighted by molar-refractivity contribution is 1.07. The van der Waals surface area contributed by atoms with Gasteiger partial charge in [-0.25, -0.2) is 15.0 Å². The van der Waals surface area contributed by atoms with Crippen molar-refractivity contribution < 1.29 is 8.22 Å². The Bertz CT molecular complexity index is 3870. The number of benzene rings is 9. The molecule has 0 aliphatic rings. The first-order valence-corrected chi connectivity index (χ1v) is 21.2. The molecular formula is C57H36N4S. The summed E-state index contributed by atoms with van der Waals surface area (Å²) in [6, 6.07) is 59.4. The fraction of sp³-hybridized carbons (Fsp3) is 0. The fourth-order valence-electron chi connectivity index (χ4n) is 8.49. The van der Waals surface area contributed by atoms with E-state index in [4.69, 9.17) is 20.4 Å². The number of aromatic nitrogens is 4. The van der Waals surface area contributed by atoms with Crippen LogP contribution in [0.3, 0.4) is 0 Å². The lowest BCUT2D eigenvalue weighted by Gasteiger charge is -2.17. The standard InChI is InChI=1S/C57H36N4S/c1-3-16-37(17-4-1)55-58-56(38-18-5-2-6-19-38)60-57(59-55)43-23-14-22-41(35-43)39-20-13-21-40(34-39)42-32-33-52(61-50-29-10-7-24-44(50)45-25-8-11-30-51(45)61)49(36-42)48-28-15-27-47-46-26-9-12-31-53(46)62-54(47)48/h1-36H/i7D,8D,24D,25D,29D,30D.